The maximum atomic E-state index is 14.5. The van der Waals surface area contributed by atoms with Gasteiger partial charge in [-0.2, -0.15) is 0 Å². The first-order valence-corrected chi connectivity index (χ1v) is 9.70. The summed E-state index contributed by atoms with van der Waals surface area (Å²) in [6.45, 7) is 2.22. The van der Waals surface area contributed by atoms with E-state index >= 15 is 0 Å². The minimum Gasteiger partial charge on any atom is -0.421 e. The number of hydrogen-bond donors (Lipinski definition) is 0. The Balaban J connectivity index is 1.72. The topological polar surface area (TPSA) is 26.3 Å². The average molecular weight is 395 g/mol. The lowest BCUT2D eigenvalue weighted by Gasteiger charge is -2.28. The molecule has 0 bridgehead atoms. The largest absolute Gasteiger partial charge is 0.421 e. The van der Waals surface area contributed by atoms with E-state index in [1.165, 1.54) is 43.5 Å². The molecule has 0 atom stereocenters. The monoisotopic (exact) mass is 394 g/mol. The predicted molar refractivity (Wildman–Crippen MR) is 103 cm³/mol. The van der Waals surface area contributed by atoms with Gasteiger partial charge in [0.05, 0.1) is 10.6 Å². The van der Waals surface area contributed by atoms with E-state index in [1.807, 2.05) is 6.07 Å². The molecular weight excluding hydrogens is 374 g/mol. The normalized spacial score (nSPS) is 20.0. The Labute approximate surface area is 163 Å². The van der Waals surface area contributed by atoms with E-state index in [0.29, 0.717) is 10.9 Å². The summed E-state index contributed by atoms with van der Waals surface area (Å²) in [4.78, 5) is 12.3. The van der Waals surface area contributed by atoms with E-state index in [-0.39, 0.29) is 16.3 Å². The summed E-state index contributed by atoms with van der Waals surface area (Å²) < 4.78 is 19.7. The van der Waals surface area contributed by atoms with Crippen molar-refractivity contribution in [2.24, 2.45) is 5.92 Å². The lowest BCUT2D eigenvalue weighted by Crippen LogP contribution is -2.14. The third-order valence-corrected chi connectivity index (χ3v) is 5.74. The SMILES string of the molecule is CCC1CCC(c2ccc(C(=O)Oc3ccc(Cl)cc3Cl)c(F)c2)CC1. The minimum atomic E-state index is -0.770. The van der Waals surface area contributed by atoms with E-state index in [4.69, 9.17) is 27.9 Å². The summed E-state index contributed by atoms with van der Waals surface area (Å²) in [5, 5.41) is 0.638. The molecule has 0 aromatic heterocycles. The highest BCUT2D eigenvalue weighted by molar-refractivity contribution is 6.35. The molecular formula is C21H21Cl2FO2. The van der Waals surface area contributed by atoms with Gasteiger partial charge in [-0.3, -0.25) is 0 Å². The fourth-order valence-electron chi connectivity index (χ4n) is 3.57. The first-order valence-electron chi connectivity index (χ1n) is 8.94. The van der Waals surface area contributed by atoms with Crippen LogP contribution in [-0.2, 0) is 0 Å². The smallest absolute Gasteiger partial charge is 0.346 e. The van der Waals surface area contributed by atoms with Crippen molar-refractivity contribution in [3.05, 3.63) is 63.4 Å². The Morgan fingerprint density at radius 3 is 2.46 bits per heavy atom. The van der Waals surface area contributed by atoms with Crippen molar-refractivity contribution in [3.63, 3.8) is 0 Å². The number of carbonyl (C=O) groups excluding carboxylic acids is 1. The van der Waals surface area contributed by atoms with Crippen LogP contribution in [-0.4, -0.2) is 5.97 Å². The van der Waals surface area contributed by atoms with Crippen LogP contribution < -0.4 is 4.74 Å². The molecule has 138 valence electrons. The zero-order valence-corrected chi connectivity index (χ0v) is 16.1. The van der Waals surface area contributed by atoms with Crippen LogP contribution in [0.15, 0.2) is 36.4 Å². The fraction of sp³-hybridized carbons (Fsp3) is 0.381. The van der Waals surface area contributed by atoms with Gasteiger partial charge in [0.2, 0.25) is 0 Å². The lowest BCUT2D eigenvalue weighted by atomic mass is 9.78. The zero-order valence-electron chi connectivity index (χ0n) is 14.6. The molecule has 1 aliphatic carbocycles. The van der Waals surface area contributed by atoms with Crippen molar-refractivity contribution < 1.29 is 13.9 Å². The minimum absolute atomic E-state index is 0.0954. The quantitative estimate of drug-likeness (QED) is 0.410. The molecule has 1 aliphatic rings. The molecule has 0 radical (unpaired) electrons. The van der Waals surface area contributed by atoms with Crippen molar-refractivity contribution in [2.75, 3.05) is 0 Å². The fourth-order valence-corrected chi connectivity index (χ4v) is 4.01. The van der Waals surface area contributed by atoms with Crippen molar-refractivity contribution in [2.45, 2.75) is 44.9 Å². The van der Waals surface area contributed by atoms with Crippen LogP contribution in [0, 0.1) is 11.7 Å². The summed E-state index contributed by atoms with van der Waals surface area (Å²) in [7, 11) is 0. The van der Waals surface area contributed by atoms with Gasteiger partial charge in [-0.05, 0) is 73.4 Å². The molecule has 0 saturated heterocycles. The molecule has 0 N–H and O–H groups in total. The van der Waals surface area contributed by atoms with E-state index < -0.39 is 11.8 Å². The summed E-state index contributed by atoms with van der Waals surface area (Å²) in [5.41, 5.74) is 0.861. The molecule has 3 rings (SSSR count). The number of rotatable bonds is 4. The van der Waals surface area contributed by atoms with E-state index in [2.05, 4.69) is 6.92 Å². The first kappa shape index (κ1) is 19.2. The summed E-state index contributed by atoms with van der Waals surface area (Å²) in [6, 6.07) is 9.32. The molecule has 2 aromatic carbocycles. The predicted octanol–water partition coefficient (Wildman–Crippen LogP) is 7.04. The Kier molecular flexibility index (Phi) is 6.20. The highest BCUT2D eigenvalue weighted by atomic mass is 35.5. The second-order valence-corrected chi connectivity index (χ2v) is 7.67. The number of hydrogen-bond acceptors (Lipinski definition) is 2. The number of halogens is 3. The van der Waals surface area contributed by atoms with E-state index in [9.17, 15) is 9.18 Å². The highest BCUT2D eigenvalue weighted by Gasteiger charge is 2.23. The van der Waals surface area contributed by atoms with Gasteiger partial charge in [0.25, 0.3) is 0 Å². The van der Waals surface area contributed by atoms with E-state index in [1.54, 1.807) is 6.07 Å². The summed E-state index contributed by atoms with van der Waals surface area (Å²) >= 11 is 11.8. The molecule has 0 heterocycles. The Hall–Kier alpha value is -1.58. The van der Waals surface area contributed by atoms with Crippen molar-refractivity contribution >= 4 is 29.2 Å². The van der Waals surface area contributed by atoms with Crippen molar-refractivity contribution in [3.8, 4) is 5.75 Å². The van der Waals surface area contributed by atoms with E-state index in [0.717, 1.165) is 24.3 Å². The van der Waals surface area contributed by atoms with Crippen LogP contribution in [0.25, 0.3) is 0 Å². The lowest BCUT2D eigenvalue weighted by molar-refractivity contribution is 0.0730. The van der Waals surface area contributed by atoms with Crippen molar-refractivity contribution in [1.29, 1.82) is 0 Å². The molecule has 26 heavy (non-hydrogen) atoms. The Morgan fingerprint density at radius 1 is 1.12 bits per heavy atom. The number of benzene rings is 2. The maximum absolute atomic E-state index is 14.5. The Bertz CT molecular complexity index is 799. The van der Waals surface area contributed by atoms with Crippen LogP contribution in [0.1, 0.15) is 60.9 Å². The molecule has 0 amide bonds. The summed E-state index contributed by atoms with van der Waals surface area (Å²) in [5.74, 6) is -0.0249. The van der Waals surface area contributed by atoms with Gasteiger partial charge in [0.15, 0.2) is 0 Å². The second kappa shape index (κ2) is 8.41. The molecule has 0 unspecified atom stereocenters. The molecule has 0 aliphatic heterocycles. The third-order valence-electron chi connectivity index (χ3n) is 5.21. The van der Waals surface area contributed by atoms with Crippen LogP contribution in [0.5, 0.6) is 5.75 Å². The van der Waals surface area contributed by atoms with Crippen molar-refractivity contribution in [1.82, 2.24) is 0 Å². The van der Waals surface area contributed by atoms with Crippen LogP contribution in [0.2, 0.25) is 10.0 Å². The molecule has 2 aromatic rings. The molecule has 1 fully saturated rings. The standard InChI is InChI=1S/C21H21Cl2FO2/c1-2-13-3-5-14(6-4-13)15-7-9-17(19(24)11-15)21(25)26-20-10-8-16(22)12-18(20)23/h7-14H,2-6H2,1H3. The van der Waals surface area contributed by atoms with Gasteiger partial charge in [-0.25, -0.2) is 9.18 Å². The first-order chi connectivity index (χ1) is 12.5. The maximum Gasteiger partial charge on any atom is 0.346 e. The van der Waals surface area contributed by atoms with Gasteiger partial charge in [0.1, 0.15) is 11.6 Å². The van der Waals surface area contributed by atoms with Gasteiger partial charge >= 0.3 is 5.97 Å². The highest BCUT2D eigenvalue weighted by Crippen LogP contribution is 2.37. The second-order valence-electron chi connectivity index (χ2n) is 6.83. The molecule has 5 heteroatoms. The third kappa shape index (κ3) is 4.39. The van der Waals surface area contributed by atoms with Crippen LogP contribution in [0.4, 0.5) is 4.39 Å². The summed E-state index contributed by atoms with van der Waals surface area (Å²) in [6.07, 6.45) is 5.71. The molecule has 0 spiro atoms. The number of carbonyl (C=O) groups is 1. The number of esters is 1. The van der Waals surface area contributed by atoms with Gasteiger partial charge in [-0.15, -0.1) is 0 Å². The Morgan fingerprint density at radius 2 is 1.85 bits per heavy atom. The molecule has 1 saturated carbocycles. The zero-order chi connectivity index (χ0) is 18.7. The number of ether oxygens (including phenoxy) is 1. The van der Waals surface area contributed by atoms with Crippen LogP contribution in [0.3, 0.4) is 0 Å². The van der Waals surface area contributed by atoms with Gasteiger partial charge in [-0.1, -0.05) is 42.6 Å². The molecule has 2 nitrogen and oxygen atoms in total. The van der Waals surface area contributed by atoms with Gasteiger partial charge < -0.3 is 4.74 Å². The van der Waals surface area contributed by atoms with Gasteiger partial charge in [0, 0.05) is 5.02 Å². The van der Waals surface area contributed by atoms with Crippen LogP contribution >= 0.6 is 23.2 Å². The average Bonchev–Trinajstić information content (AvgIpc) is 2.64.